The second kappa shape index (κ2) is 7.69. The first-order valence-corrected chi connectivity index (χ1v) is 6.83. The molecule has 0 saturated heterocycles. The van der Waals surface area contributed by atoms with Crippen LogP contribution in [-0.4, -0.2) is 30.0 Å². The predicted molar refractivity (Wildman–Crippen MR) is 82.2 cm³/mol. The van der Waals surface area contributed by atoms with E-state index < -0.39 is 10.9 Å². The number of amides is 1. The van der Waals surface area contributed by atoms with Crippen molar-refractivity contribution in [2.45, 2.75) is 0 Å². The largest absolute Gasteiger partial charge is 0.460 e. The highest BCUT2D eigenvalue weighted by molar-refractivity contribution is 5.94. The van der Waals surface area contributed by atoms with Crippen molar-refractivity contribution in [1.29, 1.82) is 0 Å². The Morgan fingerprint density at radius 3 is 2.26 bits per heavy atom. The van der Waals surface area contributed by atoms with Crippen molar-refractivity contribution in [2.75, 3.05) is 13.2 Å². The van der Waals surface area contributed by atoms with Gasteiger partial charge in [0.2, 0.25) is 0 Å². The third-order valence-corrected chi connectivity index (χ3v) is 2.97. The van der Waals surface area contributed by atoms with Crippen LogP contribution in [0.3, 0.4) is 0 Å². The molecule has 23 heavy (non-hydrogen) atoms. The van der Waals surface area contributed by atoms with Crippen molar-refractivity contribution < 1.29 is 19.2 Å². The molecule has 0 unspecified atom stereocenters. The Balaban J connectivity index is 1.76. The van der Waals surface area contributed by atoms with Gasteiger partial charge >= 0.3 is 5.97 Å². The number of carbonyl (C=O) groups is 2. The molecule has 0 radical (unpaired) electrons. The number of non-ortho nitro benzene ring substituents is 1. The average molecular weight is 314 g/mol. The van der Waals surface area contributed by atoms with Crippen LogP contribution < -0.4 is 5.32 Å². The Morgan fingerprint density at radius 1 is 1.00 bits per heavy atom. The summed E-state index contributed by atoms with van der Waals surface area (Å²) in [6, 6.07) is 13.8. The lowest BCUT2D eigenvalue weighted by molar-refractivity contribution is -0.384. The van der Waals surface area contributed by atoms with E-state index in [0.717, 1.165) is 0 Å². The van der Waals surface area contributed by atoms with E-state index in [0.29, 0.717) is 5.56 Å². The summed E-state index contributed by atoms with van der Waals surface area (Å²) in [5.74, 6) is -0.856. The Morgan fingerprint density at radius 2 is 1.65 bits per heavy atom. The summed E-state index contributed by atoms with van der Waals surface area (Å²) in [5.41, 5.74) is 0.635. The molecule has 0 spiro atoms. The van der Waals surface area contributed by atoms with Crippen LogP contribution in [0.5, 0.6) is 0 Å². The number of ether oxygens (including phenoxy) is 1. The number of rotatable bonds is 6. The van der Waals surface area contributed by atoms with Crippen LogP contribution in [0.15, 0.2) is 54.6 Å². The second-order valence-corrected chi connectivity index (χ2v) is 4.56. The summed E-state index contributed by atoms with van der Waals surface area (Å²) < 4.78 is 4.99. The number of esters is 1. The lowest BCUT2D eigenvalue weighted by Crippen LogP contribution is -2.28. The number of carbonyl (C=O) groups excluding carboxylic acids is 2. The number of benzene rings is 2. The van der Waals surface area contributed by atoms with Gasteiger partial charge in [0.05, 0.1) is 17.0 Å². The first kappa shape index (κ1) is 16.2. The normalized spacial score (nSPS) is 9.91. The van der Waals surface area contributed by atoms with Crippen LogP contribution in [0.2, 0.25) is 0 Å². The molecule has 2 rings (SSSR count). The standard InChI is InChI=1S/C16H14N2O5/c19-15(12-4-2-1-3-5-12)17-10-11-23-16(20)13-6-8-14(9-7-13)18(21)22/h1-9H,10-11H2,(H,17,19). The molecule has 0 atom stereocenters. The Labute approximate surface area is 132 Å². The van der Waals surface area contributed by atoms with Crippen LogP contribution in [-0.2, 0) is 4.74 Å². The van der Waals surface area contributed by atoms with Crippen molar-refractivity contribution in [1.82, 2.24) is 5.32 Å². The number of nitro groups is 1. The highest BCUT2D eigenvalue weighted by atomic mass is 16.6. The average Bonchev–Trinajstić information content (AvgIpc) is 2.59. The summed E-state index contributed by atoms with van der Waals surface area (Å²) in [6.07, 6.45) is 0. The lowest BCUT2D eigenvalue weighted by atomic mass is 10.2. The Kier molecular flexibility index (Phi) is 5.40. The second-order valence-electron chi connectivity index (χ2n) is 4.56. The predicted octanol–water partition coefficient (Wildman–Crippen LogP) is 2.18. The smallest absolute Gasteiger partial charge is 0.338 e. The van der Waals surface area contributed by atoms with Gasteiger partial charge in [0.25, 0.3) is 11.6 Å². The van der Waals surface area contributed by atoms with Crippen LogP contribution in [0.25, 0.3) is 0 Å². The van der Waals surface area contributed by atoms with E-state index >= 15 is 0 Å². The molecule has 0 aliphatic heterocycles. The number of hydrogen-bond donors (Lipinski definition) is 1. The van der Waals surface area contributed by atoms with Gasteiger partial charge in [-0.15, -0.1) is 0 Å². The minimum Gasteiger partial charge on any atom is -0.460 e. The number of nitrogens with zero attached hydrogens (tertiary/aromatic N) is 1. The first-order valence-electron chi connectivity index (χ1n) is 6.83. The van der Waals surface area contributed by atoms with Crippen molar-refractivity contribution >= 4 is 17.6 Å². The monoisotopic (exact) mass is 314 g/mol. The van der Waals surface area contributed by atoms with Crippen LogP contribution in [0.4, 0.5) is 5.69 Å². The molecule has 7 nitrogen and oxygen atoms in total. The molecule has 2 aromatic carbocycles. The van der Waals surface area contributed by atoms with Gasteiger partial charge in [-0.25, -0.2) is 4.79 Å². The van der Waals surface area contributed by atoms with E-state index in [1.807, 2.05) is 6.07 Å². The van der Waals surface area contributed by atoms with E-state index in [4.69, 9.17) is 4.74 Å². The Hall–Kier alpha value is -3.22. The minimum atomic E-state index is -0.603. The minimum absolute atomic E-state index is 0.00833. The van der Waals surface area contributed by atoms with Crippen molar-refractivity contribution in [2.24, 2.45) is 0 Å². The van der Waals surface area contributed by atoms with Crippen LogP contribution in [0.1, 0.15) is 20.7 Å². The Bertz CT molecular complexity index is 698. The maximum Gasteiger partial charge on any atom is 0.338 e. The van der Waals surface area contributed by atoms with Crippen molar-refractivity contribution in [3.8, 4) is 0 Å². The molecule has 0 fully saturated rings. The molecule has 0 aliphatic carbocycles. The fourth-order valence-corrected chi connectivity index (χ4v) is 1.80. The highest BCUT2D eigenvalue weighted by Crippen LogP contribution is 2.12. The fourth-order valence-electron chi connectivity index (χ4n) is 1.80. The summed E-state index contributed by atoms with van der Waals surface area (Å²) in [6.45, 7) is 0.181. The lowest BCUT2D eigenvalue weighted by Gasteiger charge is -2.07. The third kappa shape index (κ3) is 4.63. The molecule has 7 heteroatoms. The van der Waals surface area contributed by atoms with Gasteiger partial charge in [-0.2, -0.15) is 0 Å². The van der Waals surface area contributed by atoms with Gasteiger partial charge in [-0.3, -0.25) is 14.9 Å². The SMILES string of the molecule is O=C(NCCOC(=O)c1ccc([N+](=O)[O-])cc1)c1ccccc1. The van der Waals surface area contributed by atoms with Gasteiger partial charge in [0.1, 0.15) is 6.61 Å². The maximum atomic E-state index is 11.7. The quantitative estimate of drug-likeness (QED) is 0.381. The molecular weight excluding hydrogens is 300 g/mol. The van der Waals surface area contributed by atoms with E-state index in [2.05, 4.69) is 5.32 Å². The molecular formula is C16H14N2O5. The van der Waals surface area contributed by atoms with Gasteiger partial charge in [-0.05, 0) is 24.3 Å². The summed E-state index contributed by atoms with van der Waals surface area (Å²) in [5, 5.41) is 13.1. The van der Waals surface area contributed by atoms with Crippen LogP contribution in [0, 0.1) is 10.1 Å². The van der Waals surface area contributed by atoms with E-state index in [9.17, 15) is 19.7 Å². The van der Waals surface area contributed by atoms with Gasteiger partial charge in [0, 0.05) is 17.7 Å². The highest BCUT2D eigenvalue weighted by Gasteiger charge is 2.10. The van der Waals surface area contributed by atoms with Gasteiger partial charge in [-0.1, -0.05) is 18.2 Å². The molecule has 2 aromatic rings. The van der Waals surface area contributed by atoms with E-state index in [-0.39, 0.29) is 30.3 Å². The number of nitro benzene ring substituents is 1. The zero-order valence-electron chi connectivity index (χ0n) is 12.1. The molecule has 118 valence electrons. The summed E-state index contributed by atoms with van der Waals surface area (Å²) in [4.78, 5) is 33.5. The zero-order valence-corrected chi connectivity index (χ0v) is 12.1. The fraction of sp³-hybridized carbons (Fsp3) is 0.125. The summed E-state index contributed by atoms with van der Waals surface area (Å²) in [7, 11) is 0. The number of hydrogen-bond acceptors (Lipinski definition) is 5. The zero-order chi connectivity index (χ0) is 16.7. The van der Waals surface area contributed by atoms with E-state index in [1.54, 1.807) is 24.3 Å². The maximum absolute atomic E-state index is 11.7. The van der Waals surface area contributed by atoms with Crippen LogP contribution >= 0.6 is 0 Å². The number of nitrogens with one attached hydrogen (secondary N) is 1. The van der Waals surface area contributed by atoms with Crippen molar-refractivity contribution in [3.63, 3.8) is 0 Å². The van der Waals surface area contributed by atoms with Gasteiger partial charge in [0.15, 0.2) is 0 Å². The third-order valence-electron chi connectivity index (χ3n) is 2.97. The molecule has 0 bridgehead atoms. The van der Waals surface area contributed by atoms with Gasteiger partial charge < -0.3 is 10.1 Å². The molecule has 0 saturated carbocycles. The van der Waals surface area contributed by atoms with E-state index in [1.165, 1.54) is 24.3 Å². The molecule has 0 aromatic heterocycles. The summed E-state index contributed by atoms with van der Waals surface area (Å²) >= 11 is 0. The molecule has 0 aliphatic rings. The molecule has 1 amide bonds. The molecule has 1 N–H and O–H groups in total. The first-order chi connectivity index (χ1) is 11.1. The molecule has 0 heterocycles. The van der Waals surface area contributed by atoms with Crippen molar-refractivity contribution in [3.05, 3.63) is 75.8 Å². The topological polar surface area (TPSA) is 98.5 Å².